The Labute approximate surface area is 178 Å². The fourth-order valence-corrected chi connectivity index (χ4v) is 3.39. The van der Waals surface area contributed by atoms with Crippen molar-refractivity contribution in [3.05, 3.63) is 78.0 Å². The molecule has 3 aromatic carbocycles. The van der Waals surface area contributed by atoms with E-state index in [9.17, 15) is 18.0 Å². The van der Waals surface area contributed by atoms with Crippen LogP contribution in [0.1, 0.15) is 15.9 Å². The minimum Gasteiger partial charge on any atom is -0.325 e. The summed E-state index contributed by atoms with van der Waals surface area (Å²) in [5, 5.41) is 13.2. The molecule has 2 aromatic heterocycles. The zero-order valence-electron chi connectivity index (χ0n) is 16.3. The first-order chi connectivity index (χ1) is 15.4. The highest BCUT2D eigenvalue weighted by Crippen LogP contribution is 2.35. The van der Waals surface area contributed by atoms with Crippen LogP contribution in [0.15, 0.2) is 66.9 Å². The molecule has 0 aliphatic carbocycles. The van der Waals surface area contributed by atoms with Crippen LogP contribution in [0.4, 0.5) is 30.5 Å². The molecule has 5 rings (SSSR count). The van der Waals surface area contributed by atoms with E-state index < -0.39 is 11.7 Å². The Morgan fingerprint density at radius 3 is 2.66 bits per heavy atom. The number of carbonyl (C=O) groups is 1. The third-order valence-electron chi connectivity index (χ3n) is 4.93. The number of rotatable bonds is 4. The fourth-order valence-electron chi connectivity index (χ4n) is 3.39. The van der Waals surface area contributed by atoms with Crippen molar-refractivity contribution < 1.29 is 18.0 Å². The minimum absolute atomic E-state index is 0.119. The lowest BCUT2D eigenvalue weighted by Gasteiger charge is -2.12. The summed E-state index contributed by atoms with van der Waals surface area (Å²) in [5.74, 6) is -0.198. The number of H-pyrrole nitrogens is 2. The normalized spacial score (nSPS) is 11.7. The van der Waals surface area contributed by atoms with E-state index >= 15 is 0 Å². The van der Waals surface area contributed by atoms with Crippen molar-refractivity contribution in [1.29, 1.82) is 0 Å². The second kappa shape index (κ2) is 7.41. The van der Waals surface area contributed by atoms with Crippen LogP contribution < -0.4 is 10.6 Å². The molecule has 0 radical (unpaired) electrons. The van der Waals surface area contributed by atoms with Crippen molar-refractivity contribution in [2.24, 2.45) is 0 Å². The maximum absolute atomic E-state index is 13.2. The van der Waals surface area contributed by atoms with Gasteiger partial charge < -0.3 is 15.6 Å². The molecule has 0 bridgehead atoms. The van der Waals surface area contributed by atoms with E-state index in [1.165, 1.54) is 18.2 Å². The van der Waals surface area contributed by atoms with Crippen molar-refractivity contribution in [2.75, 3.05) is 10.6 Å². The number of amides is 1. The summed E-state index contributed by atoms with van der Waals surface area (Å²) in [5.41, 5.74) is 1.86. The highest BCUT2D eigenvalue weighted by molar-refractivity contribution is 6.06. The number of para-hydroxylation sites is 1. The molecule has 5 aromatic rings. The Kier molecular flexibility index (Phi) is 4.54. The van der Waals surface area contributed by atoms with Gasteiger partial charge in [0.15, 0.2) is 0 Å². The number of alkyl halides is 3. The van der Waals surface area contributed by atoms with E-state index in [1.807, 2.05) is 6.07 Å². The summed E-state index contributed by atoms with van der Waals surface area (Å²) in [7, 11) is 0. The number of aromatic nitrogens is 4. The first-order valence-corrected chi connectivity index (χ1v) is 9.54. The van der Waals surface area contributed by atoms with E-state index in [0.29, 0.717) is 22.3 Å². The predicted molar refractivity (Wildman–Crippen MR) is 115 cm³/mol. The van der Waals surface area contributed by atoms with Gasteiger partial charge in [-0.2, -0.15) is 18.3 Å². The molecule has 0 saturated heterocycles. The number of carbonyl (C=O) groups excluding carboxylic acids is 1. The van der Waals surface area contributed by atoms with Crippen LogP contribution in [0.3, 0.4) is 0 Å². The van der Waals surface area contributed by atoms with Crippen LogP contribution in [0, 0.1) is 0 Å². The van der Waals surface area contributed by atoms with Crippen molar-refractivity contribution in [1.82, 2.24) is 20.2 Å². The van der Waals surface area contributed by atoms with Crippen LogP contribution in [0.2, 0.25) is 0 Å². The summed E-state index contributed by atoms with van der Waals surface area (Å²) < 4.78 is 39.7. The molecule has 0 aliphatic heterocycles. The molecule has 0 aliphatic rings. The van der Waals surface area contributed by atoms with Crippen LogP contribution >= 0.6 is 0 Å². The van der Waals surface area contributed by atoms with E-state index in [-0.39, 0.29) is 17.5 Å². The second-order valence-corrected chi connectivity index (χ2v) is 7.11. The lowest BCUT2D eigenvalue weighted by molar-refractivity contribution is -0.136. The number of halogens is 3. The van der Waals surface area contributed by atoms with Gasteiger partial charge >= 0.3 is 6.18 Å². The average molecular weight is 436 g/mol. The molecule has 0 unspecified atom stereocenters. The van der Waals surface area contributed by atoms with Crippen LogP contribution in [0.25, 0.3) is 21.9 Å². The Balaban J connectivity index is 1.39. The molecule has 0 atom stereocenters. The number of aromatic amines is 2. The number of hydrogen-bond acceptors (Lipinski definition) is 4. The molecule has 32 heavy (non-hydrogen) atoms. The minimum atomic E-state index is -4.50. The molecule has 4 N–H and O–H groups in total. The maximum atomic E-state index is 13.2. The molecule has 0 saturated carbocycles. The van der Waals surface area contributed by atoms with Gasteiger partial charge in [-0.25, -0.2) is 4.98 Å². The Morgan fingerprint density at radius 2 is 1.81 bits per heavy atom. The van der Waals surface area contributed by atoms with Gasteiger partial charge in [-0.05, 0) is 48.5 Å². The zero-order chi connectivity index (χ0) is 22.3. The summed E-state index contributed by atoms with van der Waals surface area (Å²) in [6, 6.07) is 15.3. The molecule has 1 amide bonds. The van der Waals surface area contributed by atoms with Crippen LogP contribution in [-0.4, -0.2) is 26.1 Å². The fraction of sp³-hybridized carbons (Fsp3) is 0.0455. The molecule has 160 valence electrons. The van der Waals surface area contributed by atoms with E-state index in [4.69, 9.17) is 0 Å². The lowest BCUT2D eigenvalue weighted by atomic mass is 10.1. The van der Waals surface area contributed by atoms with Gasteiger partial charge in [0, 0.05) is 16.6 Å². The molecule has 2 heterocycles. The molecule has 7 nitrogen and oxygen atoms in total. The number of anilines is 3. The smallest absolute Gasteiger partial charge is 0.325 e. The van der Waals surface area contributed by atoms with Crippen molar-refractivity contribution in [3.8, 4) is 0 Å². The SMILES string of the molecule is O=C(Nc1ccc2cn[nH]c2c1)c1ccc2nc(Nc3ccccc3C(F)(F)F)[nH]c2c1. The van der Waals surface area contributed by atoms with E-state index in [1.54, 1.807) is 36.5 Å². The summed E-state index contributed by atoms with van der Waals surface area (Å²) in [6.07, 6.45) is -2.81. The average Bonchev–Trinajstić information content (AvgIpc) is 3.38. The number of nitrogens with zero attached hydrogens (tertiary/aromatic N) is 2. The van der Waals surface area contributed by atoms with Gasteiger partial charge in [-0.1, -0.05) is 12.1 Å². The Bertz CT molecular complexity index is 1450. The van der Waals surface area contributed by atoms with Gasteiger partial charge in [0.25, 0.3) is 5.91 Å². The zero-order valence-corrected chi connectivity index (χ0v) is 16.3. The number of benzene rings is 3. The summed E-state index contributed by atoms with van der Waals surface area (Å²) >= 11 is 0. The second-order valence-electron chi connectivity index (χ2n) is 7.11. The van der Waals surface area contributed by atoms with E-state index in [2.05, 4.69) is 30.8 Å². The van der Waals surface area contributed by atoms with Crippen LogP contribution in [-0.2, 0) is 6.18 Å². The molecule has 10 heteroatoms. The van der Waals surface area contributed by atoms with Crippen molar-refractivity contribution >= 4 is 45.2 Å². The van der Waals surface area contributed by atoms with Crippen molar-refractivity contribution in [3.63, 3.8) is 0 Å². The number of nitrogens with one attached hydrogen (secondary N) is 4. The predicted octanol–water partition coefficient (Wildman–Crippen LogP) is 5.45. The first kappa shape index (κ1) is 19.6. The van der Waals surface area contributed by atoms with E-state index in [0.717, 1.165) is 17.0 Å². The molecule has 0 spiro atoms. The summed E-state index contributed by atoms with van der Waals surface area (Å²) in [6.45, 7) is 0. The molecule has 0 fully saturated rings. The monoisotopic (exact) mass is 436 g/mol. The first-order valence-electron chi connectivity index (χ1n) is 9.54. The third kappa shape index (κ3) is 3.73. The highest BCUT2D eigenvalue weighted by Gasteiger charge is 2.33. The largest absolute Gasteiger partial charge is 0.418 e. The number of hydrogen-bond donors (Lipinski definition) is 4. The standard InChI is InChI=1S/C22H15F3N6O/c23-22(24,25)15-3-1-2-4-16(15)28-21-29-17-8-6-12(9-19(17)30-21)20(32)27-14-7-5-13-11-26-31-18(13)10-14/h1-11H,(H,26,31)(H,27,32)(H2,28,29,30). The van der Waals surface area contributed by atoms with Crippen molar-refractivity contribution in [2.45, 2.75) is 6.18 Å². The van der Waals surface area contributed by atoms with Gasteiger partial charge in [0.2, 0.25) is 5.95 Å². The van der Waals surface area contributed by atoms with Gasteiger partial charge in [-0.3, -0.25) is 9.89 Å². The molecular weight excluding hydrogens is 421 g/mol. The highest BCUT2D eigenvalue weighted by atomic mass is 19.4. The van der Waals surface area contributed by atoms with Gasteiger partial charge in [0.05, 0.1) is 34.0 Å². The van der Waals surface area contributed by atoms with Gasteiger partial charge in [-0.15, -0.1) is 0 Å². The summed E-state index contributed by atoms with van der Waals surface area (Å²) in [4.78, 5) is 19.9. The quantitative estimate of drug-likeness (QED) is 0.301. The lowest BCUT2D eigenvalue weighted by Crippen LogP contribution is -2.11. The third-order valence-corrected chi connectivity index (χ3v) is 4.93. The number of fused-ring (bicyclic) bond motifs is 2. The topological polar surface area (TPSA) is 98.5 Å². The Hall–Kier alpha value is -4.34. The number of imidazole rings is 1. The van der Waals surface area contributed by atoms with Gasteiger partial charge in [0.1, 0.15) is 0 Å². The molecular formula is C22H15F3N6O. The van der Waals surface area contributed by atoms with Crippen LogP contribution in [0.5, 0.6) is 0 Å². The maximum Gasteiger partial charge on any atom is 0.418 e. The Morgan fingerprint density at radius 1 is 0.969 bits per heavy atom.